The van der Waals surface area contributed by atoms with Gasteiger partial charge in [0.25, 0.3) is 0 Å². The molecule has 74 valence electrons. The van der Waals surface area contributed by atoms with E-state index in [1.54, 1.807) is 0 Å². The van der Waals surface area contributed by atoms with Gasteiger partial charge in [-0.05, 0) is 26.0 Å². The third-order valence-electron chi connectivity index (χ3n) is 2.60. The van der Waals surface area contributed by atoms with Crippen molar-refractivity contribution in [1.29, 1.82) is 0 Å². The highest BCUT2D eigenvalue weighted by molar-refractivity contribution is 5.97. The van der Waals surface area contributed by atoms with E-state index < -0.39 is 0 Å². The van der Waals surface area contributed by atoms with E-state index in [-0.39, 0.29) is 0 Å². The third kappa shape index (κ3) is 1.35. The lowest BCUT2D eigenvalue weighted by molar-refractivity contribution is 0.304. The quantitative estimate of drug-likeness (QED) is 0.674. The fraction of sp³-hybridized carbons (Fsp3) is 0.364. The first kappa shape index (κ1) is 9.06. The van der Waals surface area contributed by atoms with Gasteiger partial charge in [0.1, 0.15) is 12.0 Å². The molecule has 0 N–H and O–H groups in total. The van der Waals surface area contributed by atoms with Crippen LogP contribution in [0.4, 0.5) is 5.69 Å². The highest BCUT2D eigenvalue weighted by atomic mass is 15.6. The van der Waals surface area contributed by atoms with Crippen LogP contribution in [-0.2, 0) is 0 Å². The van der Waals surface area contributed by atoms with Gasteiger partial charge in [0, 0.05) is 12.7 Å². The number of para-hydroxylation sites is 1. The first-order chi connectivity index (χ1) is 6.70. The fourth-order valence-electron chi connectivity index (χ4n) is 1.79. The topological polar surface area (TPSA) is 18.8 Å². The normalized spacial score (nSPS) is 21.4. The minimum atomic E-state index is 0.303. The lowest BCUT2D eigenvalue weighted by Gasteiger charge is -2.26. The average molecular weight is 189 g/mol. The van der Waals surface area contributed by atoms with Gasteiger partial charge in [0.05, 0.1) is 0 Å². The number of nitrogens with zero attached hydrogens (tertiary/aromatic N) is 3. The van der Waals surface area contributed by atoms with Gasteiger partial charge in [-0.15, -0.1) is 0 Å². The van der Waals surface area contributed by atoms with Crippen LogP contribution in [0.1, 0.15) is 13.8 Å². The molecule has 0 amide bonds. The minimum absolute atomic E-state index is 0.303. The van der Waals surface area contributed by atoms with Gasteiger partial charge in [-0.3, -0.25) is 5.01 Å². The predicted molar refractivity (Wildman–Crippen MR) is 59.3 cm³/mol. The maximum atomic E-state index is 4.40. The van der Waals surface area contributed by atoms with Crippen molar-refractivity contribution in [2.24, 2.45) is 5.10 Å². The summed E-state index contributed by atoms with van der Waals surface area (Å²) in [4.78, 5) is 2.22. The number of benzene rings is 1. The largest absolute Gasteiger partial charge is 0.306 e. The number of hydrogen-bond donors (Lipinski definition) is 0. The summed E-state index contributed by atoms with van der Waals surface area (Å²) in [5.41, 5.74) is 1.20. The molecule has 1 aliphatic rings. The third-order valence-corrected chi connectivity index (χ3v) is 2.60. The number of hydrogen-bond acceptors (Lipinski definition) is 3. The smallest absolute Gasteiger partial charge is 0.128 e. The van der Waals surface area contributed by atoms with E-state index in [2.05, 4.69) is 29.1 Å². The molecule has 1 atom stereocenters. The minimum Gasteiger partial charge on any atom is -0.306 e. The van der Waals surface area contributed by atoms with Gasteiger partial charge in [-0.25, -0.2) is 0 Å². The summed E-state index contributed by atoms with van der Waals surface area (Å²) in [5.74, 6) is 1.05. The number of anilines is 1. The summed E-state index contributed by atoms with van der Waals surface area (Å²) in [7, 11) is 2.00. The van der Waals surface area contributed by atoms with Crippen molar-refractivity contribution >= 4 is 11.5 Å². The zero-order chi connectivity index (χ0) is 10.1. The molecule has 0 aromatic heterocycles. The Morgan fingerprint density at radius 2 is 1.86 bits per heavy atom. The van der Waals surface area contributed by atoms with Crippen LogP contribution in [0.2, 0.25) is 0 Å². The van der Waals surface area contributed by atoms with Crippen molar-refractivity contribution in [2.45, 2.75) is 20.0 Å². The summed E-state index contributed by atoms with van der Waals surface area (Å²) in [6, 6.07) is 10.3. The maximum absolute atomic E-state index is 4.40. The number of rotatable bonds is 1. The van der Waals surface area contributed by atoms with E-state index in [1.165, 1.54) is 5.69 Å². The van der Waals surface area contributed by atoms with Crippen molar-refractivity contribution in [3.8, 4) is 0 Å². The summed E-state index contributed by atoms with van der Waals surface area (Å²) in [6.07, 6.45) is 0.303. The Bertz CT molecular complexity index is 345. The fourth-order valence-corrected chi connectivity index (χ4v) is 1.79. The van der Waals surface area contributed by atoms with Crippen molar-refractivity contribution in [2.75, 3.05) is 11.9 Å². The SMILES string of the molecule is CC1=NN(C)C(C)N1c1ccccc1. The van der Waals surface area contributed by atoms with Crippen molar-refractivity contribution < 1.29 is 0 Å². The van der Waals surface area contributed by atoms with E-state index in [1.807, 2.05) is 37.2 Å². The lowest BCUT2D eigenvalue weighted by atomic mass is 10.2. The highest BCUT2D eigenvalue weighted by Crippen LogP contribution is 2.22. The van der Waals surface area contributed by atoms with E-state index in [0.29, 0.717) is 6.17 Å². The molecule has 3 heteroatoms. The van der Waals surface area contributed by atoms with Gasteiger partial charge in [-0.2, -0.15) is 5.10 Å². The van der Waals surface area contributed by atoms with Gasteiger partial charge in [0.15, 0.2) is 0 Å². The lowest BCUT2D eigenvalue weighted by Crippen LogP contribution is -2.37. The zero-order valence-electron chi connectivity index (χ0n) is 8.81. The van der Waals surface area contributed by atoms with Crippen LogP contribution < -0.4 is 4.90 Å². The number of hydrazone groups is 1. The first-order valence-corrected chi connectivity index (χ1v) is 4.82. The summed E-state index contributed by atoms with van der Waals surface area (Å²) in [5, 5.41) is 6.38. The van der Waals surface area contributed by atoms with Crippen LogP contribution in [0, 0.1) is 0 Å². The Kier molecular flexibility index (Phi) is 2.15. The van der Waals surface area contributed by atoms with Crippen molar-refractivity contribution in [3.63, 3.8) is 0 Å². The molecule has 0 radical (unpaired) electrons. The predicted octanol–water partition coefficient (Wildman–Crippen LogP) is 2.12. The summed E-state index contributed by atoms with van der Waals surface area (Å²) in [6.45, 7) is 4.18. The second-order valence-electron chi connectivity index (χ2n) is 3.56. The molecular formula is C11H15N3. The molecule has 1 aromatic rings. The highest BCUT2D eigenvalue weighted by Gasteiger charge is 2.26. The van der Waals surface area contributed by atoms with Crippen molar-refractivity contribution in [3.05, 3.63) is 30.3 Å². The first-order valence-electron chi connectivity index (χ1n) is 4.82. The van der Waals surface area contributed by atoms with Crippen LogP contribution in [0.25, 0.3) is 0 Å². The molecule has 0 saturated heterocycles. The molecule has 1 unspecified atom stereocenters. The molecule has 0 aliphatic carbocycles. The van der Waals surface area contributed by atoms with Crippen LogP contribution in [-0.4, -0.2) is 24.1 Å². The van der Waals surface area contributed by atoms with Crippen LogP contribution in [0.3, 0.4) is 0 Å². The molecule has 14 heavy (non-hydrogen) atoms. The monoisotopic (exact) mass is 189 g/mol. The molecule has 2 rings (SSSR count). The van der Waals surface area contributed by atoms with Crippen LogP contribution in [0.15, 0.2) is 35.4 Å². The van der Waals surface area contributed by atoms with Crippen molar-refractivity contribution in [1.82, 2.24) is 5.01 Å². The Hall–Kier alpha value is -1.51. The molecular weight excluding hydrogens is 174 g/mol. The standard InChI is InChI=1S/C11H15N3/c1-9-12-13(3)10(2)14(9)11-7-5-4-6-8-11/h4-8,10H,1-3H3. The van der Waals surface area contributed by atoms with E-state index >= 15 is 0 Å². The Morgan fingerprint density at radius 1 is 1.21 bits per heavy atom. The molecule has 3 nitrogen and oxygen atoms in total. The Balaban J connectivity index is 2.32. The Labute approximate surface area is 84.6 Å². The van der Waals surface area contributed by atoms with E-state index in [4.69, 9.17) is 0 Å². The maximum Gasteiger partial charge on any atom is 0.128 e. The second-order valence-corrected chi connectivity index (χ2v) is 3.56. The van der Waals surface area contributed by atoms with Gasteiger partial charge < -0.3 is 4.90 Å². The van der Waals surface area contributed by atoms with Gasteiger partial charge in [-0.1, -0.05) is 18.2 Å². The van der Waals surface area contributed by atoms with E-state index in [0.717, 1.165) is 5.84 Å². The molecule has 0 spiro atoms. The zero-order valence-corrected chi connectivity index (χ0v) is 8.81. The van der Waals surface area contributed by atoms with Crippen LogP contribution in [0.5, 0.6) is 0 Å². The molecule has 1 aliphatic heterocycles. The van der Waals surface area contributed by atoms with Gasteiger partial charge in [0.2, 0.25) is 0 Å². The molecule has 0 bridgehead atoms. The molecule has 1 aromatic carbocycles. The molecule has 0 saturated carbocycles. The molecule has 0 fully saturated rings. The summed E-state index contributed by atoms with van der Waals surface area (Å²) < 4.78 is 0. The molecule has 1 heterocycles. The van der Waals surface area contributed by atoms with Gasteiger partial charge >= 0.3 is 0 Å². The van der Waals surface area contributed by atoms with E-state index in [9.17, 15) is 0 Å². The second kappa shape index (κ2) is 3.33. The van der Waals surface area contributed by atoms with Crippen LogP contribution >= 0.6 is 0 Å². The average Bonchev–Trinajstić information content (AvgIpc) is 2.43. The number of amidine groups is 1. The summed E-state index contributed by atoms with van der Waals surface area (Å²) >= 11 is 0. The Morgan fingerprint density at radius 3 is 2.36 bits per heavy atom.